The van der Waals surface area contributed by atoms with Gasteiger partial charge in [-0.15, -0.1) is 11.3 Å². The van der Waals surface area contributed by atoms with Crippen LogP contribution in [-0.4, -0.2) is 28.0 Å². The number of anilines is 1. The number of rotatable bonds is 6. The molecule has 156 valence electrons. The van der Waals surface area contributed by atoms with Crippen molar-refractivity contribution in [2.24, 2.45) is 0 Å². The van der Waals surface area contributed by atoms with E-state index in [9.17, 15) is 13.2 Å². The molecule has 0 saturated carbocycles. The van der Waals surface area contributed by atoms with Gasteiger partial charge in [-0.05, 0) is 48.9 Å². The molecular formula is C22H21NO5S2. The minimum Gasteiger partial charge on any atom is -0.497 e. The van der Waals surface area contributed by atoms with Crippen molar-refractivity contribution in [2.75, 3.05) is 19.0 Å². The summed E-state index contributed by atoms with van der Waals surface area (Å²) in [7, 11) is -2.26. The van der Waals surface area contributed by atoms with Crippen LogP contribution in [0, 0.1) is 0 Å². The Hall–Kier alpha value is -2.84. The van der Waals surface area contributed by atoms with Crippen LogP contribution < -0.4 is 14.8 Å². The van der Waals surface area contributed by atoms with Crippen LogP contribution in [0.3, 0.4) is 0 Å². The zero-order chi connectivity index (χ0) is 21.3. The van der Waals surface area contributed by atoms with E-state index in [1.807, 2.05) is 31.2 Å². The summed E-state index contributed by atoms with van der Waals surface area (Å²) in [5.41, 5.74) is 1.33. The van der Waals surface area contributed by atoms with Gasteiger partial charge in [-0.3, -0.25) is 4.79 Å². The summed E-state index contributed by atoms with van der Waals surface area (Å²) in [5.74, 6) is 0.932. The molecule has 6 nitrogen and oxygen atoms in total. The van der Waals surface area contributed by atoms with E-state index in [2.05, 4.69) is 5.32 Å². The monoisotopic (exact) mass is 443 g/mol. The molecule has 0 bridgehead atoms. The van der Waals surface area contributed by atoms with Gasteiger partial charge in [-0.25, -0.2) is 8.42 Å². The summed E-state index contributed by atoms with van der Waals surface area (Å²) in [6, 6.07) is 13.8. The van der Waals surface area contributed by atoms with E-state index in [1.54, 1.807) is 17.5 Å². The van der Waals surface area contributed by atoms with Gasteiger partial charge in [0.25, 0.3) is 0 Å². The van der Waals surface area contributed by atoms with Crippen molar-refractivity contribution in [2.45, 2.75) is 29.1 Å². The van der Waals surface area contributed by atoms with E-state index >= 15 is 0 Å². The van der Waals surface area contributed by atoms with E-state index in [0.717, 1.165) is 16.2 Å². The SMILES string of the molecule is CCOc1ccc([C@@H]2CC(=O)Nc3c(S(=O)(=O)c4ccc(OC)cc4)csc32)cc1. The molecule has 1 aromatic heterocycles. The van der Waals surface area contributed by atoms with E-state index in [0.29, 0.717) is 18.0 Å². The van der Waals surface area contributed by atoms with E-state index in [4.69, 9.17) is 9.47 Å². The van der Waals surface area contributed by atoms with Gasteiger partial charge in [0.1, 0.15) is 16.4 Å². The fourth-order valence-electron chi connectivity index (χ4n) is 3.52. The second kappa shape index (κ2) is 8.12. The quantitative estimate of drug-likeness (QED) is 0.608. The highest BCUT2D eigenvalue weighted by Crippen LogP contribution is 2.46. The maximum absolute atomic E-state index is 13.2. The Kier molecular flexibility index (Phi) is 5.53. The Labute approximate surface area is 179 Å². The number of hydrogen-bond acceptors (Lipinski definition) is 6. The Bertz CT molecular complexity index is 1170. The van der Waals surface area contributed by atoms with Gasteiger partial charge in [0.05, 0.1) is 24.3 Å². The van der Waals surface area contributed by atoms with Gasteiger partial charge < -0.3 is 14.8 Å². The fraction of sp³-hybridized carbons (Fsp3) is 0.227. The highest BCUT2D eigenvalue weighted by molar-refractivity contribution is 7.91. The Balaban J connectivity index is 1.73. The van der Waals surface area contributed by atoms with Crippen LogP contribution in [0.25, 0.3) is 0 Å². The average Bonchev–Trinajstić information content (AvgIpc) is 3.18. The largest absolute Gasteiger partial charge is 0.497 e. The van der Waals surface area contributed by atoms with Crippen LogP contribution in [0.15, 0.2) is 63.7 Å². The number of fused-ring (bicyclic) bond motifs is 1. The number of thiophene rings is 1. The van der Waals surface area contributed by atoms with Crippen LogP contribution >= 0.6 is 11.3 Å². The summed E-state index contributed by atoms with van der Waals surface area (Å²) in [5, 5.41) is 4.39. The lowest BCUT2D eigenvalue weighted by atomic mass is 9.90. The van der Waals surface area contributed by atoms with Gasteiger partial charge >= 0.3 is 0 Å². The lowest BCUT2D eigenvalue weighted by molar-refractivity contribution is -0.116. The predicted molar refractivity (Wildman–Crippen MR) is 115 cm³/mol. The number of benzene rings is 2. The maximum Gasteiger partial charge on any atom is 0.225 e. The third-order valence-corrected chi connectivity index (χ3v) is 8.05. The summed E-state index contributed by atoms with van der Waals surface area (Å²) in [6.45, 7) is 2.49. The highest BCUT2D eigenvalue weighted by Gasteiger charge is 2.34. The lowest BCUT2D eigenvalue weighted by Crippen LogP contribution is -2.23. The van der Waals surface area contributed by atoms with Crippen molar-refractivity contribution in [3.05, 3.63) is 64.4 Å². The summed E-state index contributed by atoms with van der Waals surface area (Å²) < 4.78 is 37.1. The minimum atomic E-state index is -3.79. The molecule has 2 heterocycles. The van der Waals surface area contributed by atoms with E-state index < -0.39 is 9.84 Å². The van der Waals surface area contributed by atoms with Crippen molar-refractivity contribution in [1.82, 2.24) is 0 Å². The third kappa shape index (κ3) is 3.68. The second-order valence-corrected chi connectivity index (χ2v) is 9.65. The molecule has 0 saturated heterocycles. The predicted octanol–water partition coefficient (Wildman–Crippen LogP) is 4.46. The number of carbonyl (C=O) groups is 1. The Morgan fingerprint density at radius 1 is 1.07 bits per heavy atom. The molecule has 0 aliphatic carbocycles. The van der Waals surface area contributed by atoms with Crippen molar-refractivity contribution in [3.63, 3.8) is 0 Å². The molecule has 0 radical (unpaired) electrons. The molecule has 4 rings (SSSR count). The number of methoxy groups -OCH3 is 1. The second-order valence-electron chi connectivity index (χ2n) is 6.83. The standard InChI is InChI=1S/C22H21NO5S2/c1-3-28-16-6-4-14(5-7-16)18-12-20(24)23-21-19(13-29-22(18)21)30(25,26)17-10-8-15(27-2)9-11-17/h4-11,13,18H,3,12H2,1-2H3,(H,23,24)/t18-/m0/s1. The Morgan fingerprint density at radius 2 is 1.73 bits per heavy atom. The maximum atomic E-state index is 13.2. The van der Waals surface area contributed by atoms with Gasteiger partial charge in [0.2, 0.25) is 15.7 Å². The zero-order valence-corrected chi connectivity index (χ0v) is 18.2. The van der Waals surface area contributed by atoms with E-state index in [-0.39, 0.29) is 28.0 Å². The Morgan fingerprint density at radius 3 is 2.37 bits per heavy atom. The highest BCUT2D eigenvalue weighted by atomic mass is 32.2. The van der Waals surface area contributed by atoms with Crippen LogP contribution in [-0.2, 0) is 14.6 Å². The minimum absolute atomic E-state index is 0.122. The van der Waals surface area contributed by atoms with Crippen molar-refractivity contribution >= 4 is 32.8 Å². The topological polar surface area (TPSA) is 81.7 Å². The molecule has 8 heteroatoms. The lowest BCUT2D eigenvalue weighted by Gasteiger charge is -2.24. The molecule has 1 aliphatic heterocycles. The normalized spacial score (nSPS) is 15.9. The molecule has 1 N–H and O–H groups in total. The van der Waals surface area contributed by atoms with Crippen molar-refractivity contribution in [3.8, 4) is 11.5 Å². The number of carbonyl (C=O) groups excluding carboxylic acids is 1. The van der Waals surface area contributed by atoms with Gasteiger partial charge in [0, 0.05) is 22.6 Å². The molecule has 3 aromatic rings. The molecule has 0 unspecified atom stereocenters. The molecule has 0 spiro atoms. The van der Waals surface area contributed by atoms with Gasteiger partial charge in [0.15, 0.2) is 0 Å². The molecule has 2 aromatic carbocycles. The fourth-order valence-corrected chi connectivity index (χ4v) is 6.42. The average molecular weight is 444 g/mol. The molecule has 1 amide bonds. The summed E-state index contributed by atoms with van der Waals surface area (Å²) in [6.07, 6.45) is 0.267. The molecule has 1 atom stereocenters. The molecule has 0 fully saturated rings. The first-order valence-corrected chi connectivity index (χ1v) is 11.8. The van der Waals surface area contributed by atoms with Crippen LogP contribution in [0.4, 0.5) is 5.69 Å². The van der Waals surface area contributed by atoms with Crippen LogP contribution in [0.5, 0.6) is 11.5 Å². The first kappa shape index (κ1) is 20.4. The smallest absolute Gasteiger partial charge is 0.225 e. The molecule has 30 heavy (non-hydrogen) atoms. The zero-order valence-electron chi connectivity index (χ0n) is 16.5. The molecule has 1 aliphatic rings. The number of amides is 1. The van der Waals surface area contributed by atoms with Crippen molar-refractivity contribution in [1.29, 1.82) is 0 Å². The summed E-state index contributed by atoms with van der Waals surface area (Å²) in [4.78, 5) is 13.5. The first-order chi connectivity index (χ1) is 14.4. The number of hydrogen-bond donors (Lipinski definition) is 1. The van der Waals surface area contributed by atoms with Crippen LogP contribution in [0.1, 0.15) is 29.7 Å². The first-order valence-electron chi connectivity index (χ1n) is 9.47. The number of nitrogens with one attached hydrogen (secondary N) is 1. The van der Waals surface area contributed by atoms with Gasteiger partial charge in [-0.1, -0.05) is 12.1 Å². The van der Waals surface area contributed by atoms with Gasteiger partial charge in [-0.2, -0.15) is 0 Å². The van der Waals surface area contributed by atoms with Crippen molar-refractivity contribution < 1.29 is 22.7 Å². The third-order valence-electron chi connectivity index (χ3n) is 5.01. The van der Waals surface area contributed by atoms with Crippen LogP contribution in [0.2, 0.25) is 0 Å². The number of sulfone groups is 1. The molecular weight excluding hydrogens is 422 g/mol. The number of ether oxygens (including phenoxy) is 2. The summed E-state index contributed by atoms with van der Waals surface area (Å²) >= 11 is 1.35. The van der Waals surface area contributed by atoms with E-state index in [1.165, 1.54) is 30.6 Å².